The Balaban J connectivity index is 0.000000339. The van der Waals surface area contributed by atoms with Gasteiger partial charge in [-0.3, -0.25) is 5.41 Å². The van der Waals surface area contributed by atoms with E-state index in [1.807, 2.05) is 32.0 Å². The van der Waals surface area contributed by atoms with E-state index < -0.39 is 28.9 Å². The van der Waals surface area contributed by atoms with Crippen molar-refractivity contribution in [1.82, 2.24) is 0 Å². The third kappa shape index (κ3) is 6.94. The zero-order chi connectivity index (χ0) is 28.7. The van der Waals surface area contributed by atoms with Gasteiger partial charge in [0.05, 0.1) is 19.8 Å². The van der Waals surface area contributed by atoms with Gasteiger partial charge in [0, 0.05) is 58.0 Å². The van der Waals surface area contributed by atoms with Gasteiger partial charge in [0.15, 0.2) is 0 Å². The van der Waals surface area contributed by atoms with Crippen LogP contribution in [0.2, 0.25) is 0 Å². The zero-order valence-electron chi connectivity index (χ0n) is 22.6. The predicted octanol–water partition coefficient (Wildman–Crippen LogP) is 6.20. The molecule has 3 N–H and O–H groups in total. The number of halogens is 2. The second-order valence-corrected chi connectivity index (χ2v) is 9.05. The van der Waals surface area contributed by atoms with Gasteiger partial charge in [0.2, 0.25) is 5.90 Å². The molecule has 0 fully saturated rings. The summed E-state index contributed by atoms with van der Waals surface area (Å²) in [5.74, 6) is -1.39. The van der Waals surface area contributed by atoms with Crippen LogP contribution in [0.5, 0.6) is 5.75 Å². The van der Waals surface area contributed by atoms with Gasteiger partial charge in [0.1, 0.15) is 17.4 Å². The van der Waals surface area contributed by atoms with Gasteiger partial charge in [-0.15, -0.1) is 0 Å². The number of anilines is 1. The number of hydrogen-bond donors (Lipinski definition) is 3. The van der Waals surface area contributed by atoms with Crippen molar-refractivity contribution in [3.8, 4) is 5.75 Å². The third-order valence-corrected chi connectivity index (χ3v) is 6.56. The molecule has 1 radical (unpaired) electrons. The molecule has 0 amide bonds. The number of aliphatic hydroxyl groups excluding tert-OH is 1. The van der Waals surface area contributed by atoms with E-state index in [-0.39, 0.29) is 16.8 Å². The Labute approximate surface area is 242 Å². The number of allylic oxidation sites excluding steroid dienone is 2. The van der Waals surface area contributed by atoms with E-state index in [4.69, 9.17) is 20.7 Å². The molecule has 4 rings (SSSR count). The average Bonchev–Trinajstić information content (AvgIpc) is 3.14. The van der Waals surface area contributed by atoms with Gasteiger partial charge in [-0.25, -0.2) is 13.6 Å². The molecule has 3 aromatic carbocycles. The summed E-state index contributed by atoms with van der Waals surface area (Å²) in [4.78, 5) is 13.1. The standard InChI is InChI=1S/C21H22F2N2O.C9H9NO3.Co/c1-4-25-19-6-5-17(26-3)12-18(19)21(2,20(25)7-8-24)13-14-9-15(22)11-16(23)10-14;1-13-9(12)7-4-2-6(3-5-7)8(10)11;/h5-12,24H,4,13H2,1-3H3;2-5H,1H3,(H2,10,11);/b20-7-,24-8?;;. The molecule has 1 heterocycles. The molecule has 0 bridgehead atoms. The normalized spacial score (nSPS) is 16.2. The second kappa shape index (κ2) is 13.9. The van der Waals surface area contributed by atoms with Crippen LogP contribution in [0.3, 0.4) is 0 Å². The summed E-state index contributed by atoms with van der Waals surface area (Å²) in [5.41, 5.74) is 3.80. The Hall–Kier alpha value is -4.02. The summed E-state index contributed by atoms with van der Waals surface area (Å²) in [5, 5.41) is 23.2. The number of benzene rings is 3. The Morgan fingerprint density at radius 1 is 1.02 bits per heavy atom. The molecular formula is C30H31CoF2N3O4. The van der Waals surface area contributed by atoms with Gasteiger partial charge >= 0.3 is 5.97 Å². The van der Waals surface area contributed by atoms with Crippen molar-refractivity contribution in [2.24, 2.45) is 0 Å². The Bertz CT molecular complexity index is 1390. The number of nitrogens with one attached hydrogen (secondary N) is 2. The van der Waals surface area contributed by atoms with Gasteiger partial charge < -0.3 is 24.9 Å². The number of methoxy groups -OCH3 is 2. The largest absolute Gasteiger partial charge is 0.497 e. The van der Waals surface area contributed by atoms with E-state index in [1.165, 1.54) is 49.7 Å². The molecule has 0 spiro atoms. The van der Waals surface area contributed by atoms with Gasteiger partial charge in [0.25, 0.3) is 0 Å². The Morgan fingerprint density at radius 2 is 1.62 bits per heavy atom. The van der Waals surface area contributed by atoms with Crippen molar-refractivity contribution in [2.45, 2.75) is 25.7 Å². The molecule has 1 aliphatic heterocycles. The van der Waals surface area contributed by atoms with Gasteiger partial charge in [-0.05, 0) is 92.1 Å². The molecule has 7 nitrogen and oxygen atoms in total. The fraction of sp³-hybridized carbons (Fsp3) is 0.233. The average molecular weight is 595 g/mol. The molecular weight excluding hydrogens is 563 g/mol. The smallest absolute Gasteiger partial charge is 0.337 e. The fourth-order valence-corrected chi connectivity index (χ4v) is 4.77. The minimum atomic E-state index is -0.586. The van der Waals surface area contributed by atoms with Gasteiger partial charge in [-0.1, -0.05) is 0 Å². The van der Waals surface area contributed by atoms with Crippen molar-refractivity contribution >= 4 is 23.8 Å². The molecule has 1 unspecified atom stereocenters. The number of hydrogen-bond acceptors (Lipinski definition) is 6. The van der Waals surface area contributed by atoms with Crippen LogP contribution in [0.25, 0.3) is 0 Å². The summed E-state index contributed by atoms with van der Waals surface area (Å²) in [6.07, 6.45) is 3.43. The van der Waals surface area contributed by atoms with Gasteiger partial charge in [-0.2, -0.15) is 0 Å². The second-order valence-electron chi connectivity index (χ2n) is 9.05. The van der Waals surface area contributed by atoms with E-state index in [9.17, 15) is 13.6 Å². The summed E-state index contributed by atoms with van der Waals surface area (Å²) < 4.78 is 37.3. The summed E-state index contributed by atoms with van der Waals surface area (Å²) >= 11 is 0. The zero-order valence-corrected chi connectivity index (χ0v) is 23.6. The van der Waals surface area contributed by atoms with Crippen LogP contribution in [-0.4, -0.2) is 44.0 Å². The number of nitrogens with zero attached hydrogens (tertiary/aromatic N) is 1. The fourth-order valence-electron chi connectivity index (χ4n) is 4.77. The van der Waals surface area contributed by atoms with Crippen LogP contribution < -0.4 is 9.64 Å². The van der Waals surface area contributed by atoms with Crippen LogP contribution in [0.4, 0.5) is 14.5 Å². The van der Waals surface area contributed by atoms with Crippen molar-refractivity contribution in [2.75, 3.05) is 25.7 Å². The number of aliphatic hydroxyl groups is 1. The molecule has 10 heteroatoms. The van der Waals surface area contributed by atoms with Crippen molar-refractivity contribution in [1.29, 1.82) is 10.8 Å². The summed E-state index contributed by atoms with van der Waals surface area (Å²) in [6.45, 7) is 4.81. The summed E-state index contributed by atoms with van der Waals surface area (Å²) in [7, 11) is 2.91. The number of rotatable bonds is 7. The Kier molecular flexibility index (Phi) is 11.2. The number of esters is 1. The van der Waals surface area contributed by atoms with Crippen molar-refractivity contribution < 1.29 is 44.9 Å². The number of carbonyl (C=O) groups is 1. The molecule has 0 saturated carbocycles. The van der Waals surface area contributed by atoms with Crippen LogP contribution in [0.15, 0.2) is 72.4 Å². The SMILES string of the molecule is CCN1/C(=C\C=N)C(C)(Cc2cc(F)cc(F)c2)c2cc(OC)ccc21.COC(=O)c1ccc(C(=N)O)cc1.[Co]. The predicted molar refractivity (Wildman–Crippen MR) is 148 cm³/mol. The van der Waals surface area contributed by atoms with E-state index in [1.54, 1.807) is 13.2 Å². The van der Waals surface area contributed by atoms with Crippen LogP contribution in [0.1, 0.15) is 40.9 Å². The van der Waals surface area contributed by atoms with E-state index in [0.29, 0.717) is 23.1 Å². The quantitative estimate of drug-likeness (QED) is 0.172. The maximum atomic E-state index is 13.7. The molecule has 0 aliphatic carbocycles. The first-order valence-corrected chi connectivity index (χ1v) is 12.2. The first-order valence-electron chi connectivity index (χ1n) is 12.2. The number of carbonyl (C=O) groups excluding carboxylic acids is 1. The van der Waals surface area contributed by atoms with Crippen LogP contribution >= 0.6 is 0 Å². The molecule has 1 atom stereocenters. The monoisotopic (exact) mass is 594 g/mol. The van der Waals surface area contributed by atoms with Crippen molar-refractivity contribution in [3.63, 3.8) is 0 Å². The maximum absolute atomic E-state index is 13.7. The minimum Gasteiger partial charge on any atom is -0.497 e. The van der Waals surface area contributed by atoms with Crippen LogP contribution in [-0.2, 0) is 33.4 Å². The molecule has 0 aromatic heterocycles. The molecule has 0 saturated heterocycles. The topological polar surface area (TPSA) is 107 Å². The molecule has 3 aromatic rings. The number of ether oxygens (including phenoxy) is 2. The number of likely N-dealkylation sites (N-methyl/N-ethyl adjacent to an activating group) is 1. The van der Waals surface area contributed by atoms with E-state index in [0.717, 1.165) is 35.3 Å². The molecule has 1 aliphatic rings. The van der Waals surface area contributed by atoms with E-state index >= 15 is 0 Å². The molecule has 213 valence electrons. The first kappa shape index (κ1) is 32.2. The van der Waals surface area contributed by atoms with Crippen molar-refractivity contribution in [3.05, 3.63) is 106 Å². The van der Waals surface area contributed by atoms with E-state index in [2.05, 4.69) is 9.64 Å². The first-order chi connectivity index (χ1) is 18.6. The third-order valence-electron chi connectivity index (χ3n) is 6.56. The maximum Gasteiger partial charge on any atom is 0.337 e. The van der Waals surface area contributed by atoms with Crippen LogP contribution in [0, 0.1) is 22.5 Å². The molecule has 40 heavy (non-hydrogen) atoms. The Morgan fingerprint density at radius 3 is 2.12 bits per heavy atom. The summed E-state index contributed by atoms with van der Waals surface area (Å²) in [6, 6.07) is 15.4. The minimum absolute atomic E-state index is 0. The number of fused-ring (bicyclic) bond motifs is 1.